The number of rotatable bonds is 4. The first kappa shape index (κ1) is 16.3. The first-order chi connectivity index (χ1) is 11.7. The van der Waals surface area contributed by atoms with E-state index in [9.17, 15) is 9.59 Å². The number of H-pyrrole nitrogens is 1. The zero-order chi connectivity index (χ0) is 16.8. The van der Waals surface area contributed by atoms with Crippen molar-refractivity contribution in [2.45, 2.75) is 12.8 Å². The van der Waals surface area contributed by atoms with Gasteiger partial charge in [-0.1, -0.05) is 6.07 Å². The Labute approximate surface area is 139 Å². The molecule has 1 saturated heterocycles. The number of amides is 1. The van der Waals surface area contributed by atoms with Gasteiger partial charge in [-0.15, -0.1) is 0 Å². The highest BCUT2D eigenvalue weighted by molar-refractivity contribution is 5.78. The molecule has 24 heavy (non-hydrogen) atoms. The number of nitrogens with one attached hydrogen (secondary N) is 1. The molecule has 0 saturated carbocycles. The molecule has 7 nitrogen and oxygen atoms in total. The van der Waals surface area contributed by atoms with Crippen LogP contribution in [0.3, 0.4) is 0 Å². The van der Waals surface area contributed by atoms with Crippen molar-refractivity contribution in [2.24, 2.45) is 5.92 Å². The molecule has 3 rings (SSSR count). The maximum atomic E-state index is 12.5. The first-order valence-corrected chi connectivity index (χ1v) is 7.99. The molecule has 0 bridgehead atoms. The molecule has 2 aromatic rings. The van der Waals surface area contributed by atoms with E-state index in [0.29, 0.717) is 44.8 Å². The van der Waals surface area contributed by atoms with E-state index in [1.54, 1.807) is 12.4 Å². The molecule has 3 heterocycles. The Kier molecular flexibility index (Phi) is 5.32. The lowest BCUT2D eigenvalue weighted by molar-refractivity contribution is -0.130. The van der Waals surface area contributed by atoms with E-state index >= 15 is 0 Å². The standard InChI is InChI=1S/C17H20N4O3/c22-16-8-15(19-12-20-16)6-14-10-21(4-5-24-11-14)17(23)7-13-2-1-3-18-9-13/h1-3,8-9,12,14H,4-7,10-11H2,(H,19,20,22)/t14-/m1/s1. The van der Waals surface area contributed by atoms with Gasteiger partial charge < -0.3 is 14.6 Å². The van der Waals surface area contributed by atoms with Crippen LogP contribution in [-0.4, -0.2) is 52.1 Å². The molecule has 1 fully saturated rings. The van der Waals surface area contributed by atoms with Crippen molar-refractivity contribution in [1.29, 1.82) is 0 Å². The average Bonchev–Trinajstić information content (AvgIpc) is 2.81. The zero-order valence-electron chi connectivity index (χ0n) is 13.4. The minimum absolute atomic E-state index is 0.0670. The van der Waals surface area contributed by atoms with Crippen molar-refractivity contribution in [1.82, 2.24) is 19.9 Å². The highest BCUT2D eigenvalue weighted by Crippen LogP contribution is 2.13. The third-order valence-electron chi connectivity index (χ3n) is 4.00. The number of aromatic nitrogens is 3. The third-order valence-corrected chi connectivity index (χ3v) is 4.00. The summed E-state index contributed by atoms with van der Waals surface area (Å²) in [6.07, 6.45) is 5.76. The minimum atomic E-state index is -0.168. The molecule has 0 radical (unpaired) electrons. The second-order valence-corrected chi connectivity index (χ2v) is 5.93. The smallest absolute Gasteiger partial charge is 0.250 e. The van der Waals surface area contributed by atoms with Crippen LogP contribution in [0.4, 0.5) is 0 Å². The Morgan fingerprint density at radius 3 is 3.17 bits per heavy atom. The number of aromatic amines is 1. The largest absolute Gasteiger partial charge is 0.379 e. The molecule has 1 aliphatic heterocycles. The van der Waals surface area contributed by atoms with Crippen LogP contribution >= 0.6 is 0 Å². The van der Waals surface area contributed by atoms with Crippen molar-refractivity contribution in [2.75, 3.05) is 26.3 Å². The Morgan fingerprint density at radius 2 is 2.38 bits per heavy atom. The molecule has 1 atom stereocenters. The number of pyridine rings is 1. The number of hydrogen-bond acceptors (Lipinski definition) is 5. The van der Waals surface area contributed by atoms with Gasteiger partial charge in [0.2, 0.25) is 5.91 Å². The quantitative estimate of drug-likeness (QED) is 0.879. The average molecular weight is 328 g/mol. The van der Waals surface area contributed by atoms with Gasteiger partial charge in [-0.05, 0) is 18.1 Å². The van der Waals surface area contributed by atoms with Gasteiger partial charge >= 0.3 is 0 Å². The van der Waals surface area contributed by atoms with Gasteiger partial charge in [0, 0.05) is 43.2 Å². The van der Waals surface area contributed by atoms with E-state index in [0.717, 1.165) is 5.56 Å². The van der Waals surface area contributed by atoms with Crippen molar-refractivity contribution >= 4 is 5.91 Å². The summed E-state index contributed by atoms with van der Waals surface area (Å²) in [4.78, 5) is 36.5. The highest BCUT2D eigenvalue weighted by atomic mass is 16.5. The lowest BCUT2D eigenvalue weighted by Gasteiger charge is -2.23. The predicted molar refractivity (Wildman–Crippen MR) is 87.4 cm³/mol. The predicted octanol–water partition coefficient (Wildman–Crippen LogP) is 0.425. The van der Waals surface area contributed by atoms with Gasteiger partial charge in [0.05, 0.1) is 26.0 Å². The Bertz CT molecular complexity index is 732. The van der Waals surface area contributed by atoms with Gasteiger partial charge in [0.25, 0.3) is 5.56 Å². The van der Waals surface area contributed by atoms with Gasteiger partial charge in [0.15, 0.2) is 0 Å². The second-order valence-electron chi connectivity index (χ2n) is 5.93. The molecule has 0 unspecified atom stereocenters. The van der Waals surface area contributed by atoms with Gasteiger partial charge in [-0.2, -0.15) is 0 Å². The topological polar surface area (TPSA) is 88.2 Å². The molecule has 126 valence electrons. The van der Waals surface area contributed by atoms with Crippen LogP contribution in [0.15, 0.2) is 41.7 Å². The fraction of sp³-hybridized carbons (Fsp3) is 0.412. The summed E-state index contributed by atoms with van der Waals surface area (Å²) >= 11 is 0. The molecular formula is C17H20N4O3. The van der Waals surface area contributed by atoms with Crippen LogP contribution in [0.25, 0.3) is 0 Å². The SMILES string of the molecule is O=C(Cc1cccnc1)N1CCOC[C@H](Cc2cc(=O)[nH]cn2)C1. The first-order valence-electron chi connectivity index (χ1n) is 7.99. The normalized spacial score (nSPS) is 18.2. The Balaban J connectivity index is 1.63. The van der Waals surface area contributed by atoms with Gasteiger partial charge in [-0.25, -0.2) is 4.98 Å². The van der Waals surface area contributed by atoms with Crippen LogP contribution in [0.1, 0.15) is 11.3 Å². The number of nitrogens with zero attached hydrogens (tertiary/aromatic N) is 3. The molecule has 1 aliphatic rings. The van der Waals surface area contributed by atoms with E-state index in [-0.39, 0.29) is 17.4 Å². The molecule has 0 aliphatic carbocycles. The van der Waals surface area contributed by atoms with Crippen LogP contribution in [0.5, 0.6) is 0 Å². The Hall–Kier alpha value is -2.54. The number of hydrogen-bond donors (Lipinski definition) is 1. The fourth-order valence-corrected chi connectivity index (χ4v) is 2.84. The van der Waals surface area contributed by atoms with Crippen molar-refractivity contribution in [3.63, 3.8) is 0 Å². The summed E-state index contributed by atoms with van der Waals surface area (Å²) in [6, 6.07) is 5.22. The van der Waals surface area contributed by atoms with Crippen LogP contribution in [0.2, 0.25) is 0 Å². The van der Waals surface area contributed by atoms with Crippen molar-refractivity contribution in [3.8, 4) is 0 Å². The van der Waals surface area contributed by atoms with Gasteiger partial charge in [-0.3, -0.25) is 14.6 Å². The summed E-state index contributed by atoms with van der Waals surface area (Å²) in [7, 11) is 0. The maximum absolute atomic E-state index is 12.5. The molecule has 1 amide bonds. The molecule has 1 N–H and O–H groups in total. The number of carbonyl (C=O) groups is 1. The molecule has 7 heteroatoms. The second kappa shape index (κ2) is 7.83. The fourth-order valence-electron chi connectivity index (χ4n) is 2.84. The van der Waals surface area contributed by atoms with E-state index in [4.69, 9.17) is 4.74 Å². The molecular weight excluding hydrogens is 308 g/mol. The highest BCUT2D eigenvalue weighted by Gasteiger charge is 2.23. The number of ether oxygens (including phenoxy) is 1. The number of carbonyl (C=O) groups excluding carboxylic acids is 1. The lowest BCUT2D eigenvalue weighted by Crippen LogP contribution is -2.37. The monoisotopic (exact) mass is 328 g/mol. The molecule has 2 aromatic heterocycles. The van der Waals surface area contributed by atoms with Crippen LogP contribution in [0, 0.1) is 5.92 Å². The zero-order valence-corrected chi connectivity index (χ0v) is 13.4. The summed E-state index contributed by atoms with van der Waals surface area (Å²) in [5.74, 6) is 0.192. The minimum Gasteiger partial charge on any atom is -0.379 e. The lowest BCUT2D eigenvalue weighted by atomic mass is 10.0. The maximum Gasteiger partial charge on any atom is 0.250 e. The van der Waals surface area contributed by atoms with E-state index in [1.165, 1.54) is 12.4 Å². The summed E-state index contributed by atoms with van der Waals surface area (Å²) < 4.78 is 5.62. The van der Waals surface area contributed by atoms with E-state index < -0.39 is 0 Å². The summed E-state index contributed by atoms with van der Waals surface area (Å²) in [5, 5.41) is 0. The molecule has 0 aromatic carbocycles. The van der Waals surface area contributed by atoms with Crippen molar-refractivity contribution in [3.05, 3.63) is 58.5 Å². The van der Waals surface area contributed by atoms with E-state index in [2.05, 4.69) is 15.0 Å². The Morgan fingerprint density at radius 1 is 1.46 bits per heavy atom. The summed E-state index contributed by atoms with van der Waals surface area (Å²) in [6.45, 7) is 2.27. The summed E-state index contributed by atoms with van der Waals surface area (Å²) in [5.41, 5.74) is 1.45. The van der Waals surface area contributed by atoms with Crippen LogP contribution in [-0.2, 0) is 22.4 Å². The van der Waals surface area contributed by atoms with Gasteiger partial charge in [0.1, 0.15) is 0 Å². The molecule has 0 spiro atoms. The van der Waals surface area contributed by atoms with E-state index in [1.807, 2.05) is 17.0 Å². The van der Waals surface area contributed by atoms with Crippen LogP contribution < -0.4 is 5.56 Å². The third kappa shape index (κ3) is 4.48. The van der Waals surface area contributed by atoms with Crippen molar-refractivity contribution < 1.29 is 9.53 Å².